The highest BCUT2D eigenvalue weighted by Crippen LogP contribution is 2.39. The van der Waals surface area contributed by atoms with Crippen LogP contribution in [0, 0.1) is 0 Å². The number of hydrogen-bond donors (Lipinski definition) is 3. The summed E-state index contributed by atoms with van der Waals surface area (Å²) in [5, 5.41) is 24.0. The van der Waals surface area contributed by atoms with E-state index in [0.717, 1.165) is 23.8 Å². The van der Waals surface area contributed by atoms with E-state index in [0.29, 0.717) is 50.5 Å². The van der Waals surface area contributed by atoms with Gasteiger partial charge in [0, 0.05) is 38.2 Å². The van der Waals surface area contributed by atoms with Crippen molar-refractivity contribution in [3.05, 3.63) is 101 Å². The van der Waals surface area contributed by atoms with Crippen molar-refractivity contribution >= 4 is 28.2 Å². The number of nitrogens with two attached hydrogens (primary N) is 1. The number of alkyl halides is 3. The highest BCUT2D eigenvalue weighted by molar-refractivity contribution is 7.84. The average molecular weight is 817 g/mol. The molecule has 3 aromatic carbocycles. The molecule has 3 fully saturated rings. The van der Waals surface area contributed by atoms with Gasteiger partial charge in [0.1, 0.15) is 11.8 Å². The summed E-state index contributed by atoms with van der Waals surface area (Å²) >= 11 is 0. The van der Waals surface area contributed by atoms with E-state index in [1.165, 1.54) is 29.3 Å². The zero-order valence-corrected chi connectivity index (χ0v) is 33.1. The van der Waals surface area contributed by atoms with Crippen LogP contribution in [0.15, 0.2) is 72.8 Å². The number of aliphatic hydroxyl groups excluding tert-OH is 1. The van der Waals surface area contributed by atoms with Crippen LogP contribution in [-0.2, 0) is 37.9 Å². The second-order valence-electron chi connectivity index (χ2n) is 15.9. The second kappa shape index (κ2) is 17.9. The Labute approximate surface area is 331 Å². The van der Waals surface area contributed by atoms with Crippen molar-refractivity contribution in [1.82, 2.24) is 14.7 Å². The van der Waals surface area contributed by atoms with Crippen molar-refractivity contribution in [3.8, 4) is 5.75 Å². The van der Waals surface area contributed by atoms with Crippen LogP contribution in [0.25, 0.3) is 0 Å². The number of aliphatic hydroxyl groups is 1. The number of hydrogen-bond acceptors (Lipinski definition) is 7. The fourth-order valence-electron chi connectivity index (χ4n) is 8.10. The smallest absolute Gasteiger partial charge is 0.416 e. The summed E-state index contributed by atoms with van der Waals surface area (Å²) in [5.74, 6) is -0.332. The van der Waals surface area contributed by atoms with E-state index < -0.39 is 40.3 Å². The number of carbonyl (C=O) groups is 3. The van der Waals surface area contributed by atoms with Crippen LogP contribution in [0.3, 0.4) is 0 Å². The summed E-state index contributed by atoms with van der Waals surface area (Å²) in [5.41, 5.74) is 2.77. The van der Waals surface area contributed by atoms with Gasteiger partial charge in [0.25, 0.3) is 0 Å². The largest absolute Gasteiger partial charge is 0.465 e. The van der Waals surface area contributed by atoms with Gasteiger partial charge in [0.2, 0.25) is 11.8 Å². The van der Waals surface area contributed by atoms with E-state index in [4.69, 9.17) is 9.32 Å². The van der Waals surface area contributed by atoms with E-state index in [1.807, 2.05) is 0 Å². The second-order valence-corrected chi connectivity index (χ2v) is 17.0. The Morgan fingerprint density at radius 2 is 1.28 bits per heavy atom. The Morgan fingerprint density at radius 1 is 0.789 bits per heavy atom. The minimum atomic E-state index is -4.42. The van der Waals surface area contributed by atoms with Crippen LogP contribution in [-0.4, -0.2) is 96.1 Å². The molecule has 310 valence electrons. The minimum absolute atomic E-state index is 0.0150. The number of rotatable bonds is 7. The number of benzene rings is 3. The van der Waals surface area contributed by atoms with Gasteiger partial charge in [0.05, 0.1) is 24.6 Å². The first kappa shape index (κ1) is 43.5. The molecule has 0 aromatic heterocycles. The van der Waals surface area contributed by atoms with Crippen molar-refractivity contribution in [2.75, 3.05) is 32.7 Å². The van der Waals surface area contributed by atoms with Gasteiger partial charge in [0.15, 0.2) is 0 Å². The number of para-hydroxylation sites is 1. The molecule has 0 aliphatic carbocycles. The maximum Gasteiger partial charge on any atom is 0.416 e. The van der Waals surface area contributed by atoms with Crippen molar-refractivity contribution in [2.24, 2.45) is 5.14 Å². The molecule has 12 nitrogen and oxygen atoms in total. The molecule has 3 saturated heterocycles. The predicted molar refractivity (Wildman–Crippen MR) is 207 cm³/mol. The lowest BCUT2D eigenvalue weighted by atomic mass is 9.77. The van der Waals surface area contributed by atoms with Gasteiger partial charge in [-0.2, -0.15) is 26.7 Å². The van der Waals surface area contributed by atoms with Crippen LogP contribution in [0.1, 0.15) is 92.5 Å². The Hall–Kier alpha value is -4.67. The van der Waals surface area contributed by atoms with Crippen LogP contribution in [0.5, 0.6) is 5.75 Å². The van der Waals surface area contributed by atoms with Gasteiger partial charge in [-0.1, -0.05) is 81.4 Å². The average Bonchev–Trinajstić information content (AvgIpc) is 3.56. The molecule has 3 aromatic rings. The Bertz CT molecular complexity index is 2010. The van der Waals surface area contributed by atoms with E-state index in [-0.39, 0.29) is 53.8 Å². The Kier molecular flexibility index (Phi) is 13.6. The molecule has 0 radical (unpaired) electrons. The fourth-order valence-corrected chi connectivity index (χ4v) is 8.51. The van der Waals surface area contributed by atoms with Gasteiger partial charge < -0.3 is 24.2 Å². The molecule has 3 aliphatic heterocycles. The molecule has 0 saturated carbocycles. The van der Waals surface area contributed by atoms with Crippen LogP contribution >= 0.6 is 0 Å². The third-order valence-corrected chi connectivity index (χ3v) is 11.3. The highest BCUT2D eigenvalue weighted by atomic mass is 32.2. The SMILES string of the molecule is CC(C)(C)c1ccccc1C1CCN(C(=O)[C@H]2C[C@@H](O)CN2C(=O)O)CC1.NS(=O)(=O)Oc1ccccc1CC(=O)N1CCC(c2ccccc2C(F)(F)F)CC1. The molecule has 0 unspecified atom stereocenters. The lowest BCUT2D eigenvalue weighted by Crippen LogP contribution is -2.49. The number of carboxylic acid groups (broad SMARTS) is 1. The summed E-state index contributed by atoms with van der Waals surface area (Å²) in [7, 11) is -4.23. The topological polar surface area (TPSA) is 171 Å². The summed E-state index contributed by atoms with van der Waals surface area (Å²) in [6, 6.07) is 19.5. The van der Waals surface area contributed by atoms with Crippen molar-refractivity contribution in [2.45, 2.75) is 94.9 Å². The molecule has 4 N–H and O–H groups in total. The third kappa shape index (κ3) is 11.3. The molecule has 2 atom stereocenters. The number of halogens is 3. The number of β-amino-alcohol motifs (C(OH)–C–C–N with tert-alkyl or cyclic N) is 1. The minimum Gasteiger partial charge on any atom is -0.465 e. The normalized spacial score (nSPS) is 19.8. The van der Waals surface area contributed by atoms with E-state index in [2.05, 4.69) is 45.0 Å². The van der Waals surface area contributed by atoms with Crippen LogP contribution in [0.2, 0.25) is 0 Å². The maximum atomic E-state index is 13.3. The summed E-state index contributed by atoms with van der Waals surface area (Å²) < 4.78 is 66.9. The zero-order valence-electron chi connectivity index (χ0n) is 32.3. The van der Waals surface area contributed by atoms with Crippen molar-refractivity contribution < 1.29 is 50.4 Å². The third-order valence-electron chi connectivity index (χ3n) is 10.9. The highest BCUT2D eigenvalue weighted by Gasteiger charge is 2.42. The summed E-state index contributed by atoms with van der Waals surface area (Å²) in [4.78, 5) is 41.3. The summed E-state index contributed by atoms with van der Waals surface area (Å²) in [6.45, 7) is 8.55. The molecule has 3 amide bonds. The van der Waals surface area contributed by atoms with Gasteiger partial charge in [-0.3, -0.25) is 14.5 Å². The predicted octanol–water partition coefficient (Wildman–Crippen LogP) is 6.04. The van der Waals surface area contributed by atoms with Crippen LogP contribution < -0.4 is 9.32 Å². The van der Waals surface area contributed by atoms with Crippen LogP contribution in [0.4, 0.5) is 18.0 Å². The molecule has 0 spiro atoms. The number of amides is 3. The first-order chi connectivity index (χ1) is 26.7. The Morgan fingerprint density at radius 3 is 1.81 bits per heavy atom. The van der Waals surface area contributed by atoms with E-state index >= 15 is 0 Å². The first-order valence-corrected chi connectivity index (χ1v) is 20.5. The van der Waals surface area contributed by atoms with E-state index in [1.54, 1.807) is 34.1 Å². The maximum absolute atomic E-state index is 13.3. The number of likely N-dealkylation sites (tertiary alicyclic amines) is 3. The molecule has 57 heavy (non-hydrogen) atoms. The molecular formula is C41H51F3N4O8S. The number of nitrogens with zero attached hydrogens (tertiary/aromatic N) is 3. The quantitative estimate of drug-likeness (QED) is 0.259. The van der Waals surface area contributed by atoms with Gasteiger partial charge in [-0.15, -0.1) is 0 Å². The van der Waals surface area contributed by atoms with Crippen molar-refractivity contribution in [3.63, 3.8) is 0 Å². The molecule has 3 heterocycles. The van der Waals surface area contributed by atoms with E-state index in [9.17, 15) is 46.2 Å². The number of carbonyl (C=O) groups excluding carboxylic acids is 2. The lowest BCUT2D eigenvalue weighted by molar-refractivity contribution is -0.139. The first-order valence-electron chi connectivity index (χ1n) is 19.0. The standard InChI is InChI=1S/C21H30N2O4.C20H21F3N2O4S/c1-21(2,3)17-7-5-4-6-16(17)14-8-10-22(11-9-14)19(25)18-12-15(24)13-23(18)20(26)27;21-20(22,23)17-7-3-2-6-16(17)14-9-11-25(12-10-14)19(26)13-15-5-1-4-8-18(15)29-30(24,27)28/h4-7,14-15,18,24H,8-13H2,1-3H3,(H,26,27);1-8,14H,9-13H2,(H2,24,27,28)/t15-,18-;/m1./s1. The molecule has 6 rings (SSSR count). The molecular weight excluding hydrogens is 766 g/mol. The summed E-state index contributed by atoms with van der Waals surface area (Å²) in [6.07, 6.45) is -3.65. The fraction of sp³-hybridized carbons (Fsp3) is 0.488. The molecule has 3 aliphatic rings. The monoisotopic (exact) mass is 816 g/mol. The zero-order chi connectivity index (χ0) is 41.7. The van der Waals surface area contributed by atoms with Gasteiger partial charge >= 0.3 is 22.6 Å². The van der Waals surface area contributed by atoms with Gasteiger partial charge in [-0.25, -0.2) is 4.79 Å². The molecule has 0 bridgehead atoms. The molecule has 16 heteroatoms. The van der Waals surface area contributed by atoms with Crippen molar-refractivity contribution in [1.29, 1.82) is 0 Å². The van der Waals surface area contributed by atoms with Gasteiger partial charge in [-0.05, 0) is 71.8 Å². The lowest BCUT2D eigenvalue weighted by Gasteiger charge is -2.36. The Balaban J connectivity index is 0.000000219. The number of piperidine rings is 2.